The lowest BCUT2D eigenvalue weighted by molar-refractivity contribution is -0.140. The molecule has 8 heteroatoms. The zero-order valence-electron chi connectivity index (χ0n) is 20.7. The van der Waals surface area contributed by atoms with Crippen molar-refractivity contribution in [2.24, 2.45) is 0 Å². The topological polar surface area (TPSA) is 88.5 Å². The third kappa shape index (κ3) is 4.70. The highest BCUT2D eigenvalue weighted by Crippen LogP contribution is 2.41. The van der Waals surface area contributed by atoms with Gasteiger partial charge in [-0.05, 0) is 55.3 Å². The van der Waals surface area contributed by atoms with Gasteiger partial charge in [0.2, 0.25) is 0 Å². The van der Waals surface area contributed by atoms with Gasteiger partial charge in [-0.2, -0.15) is 0 Å². The summed E-state index contributed by atoms with van der Waals surface area (Å²) in [4.78, 5) is 30.4. The van der Waals surface area contributed by atoms with Gasteiger partial charge in [-0.15, -0.1) is 0 Å². The first-order valence-electron chi connectivity index (χ1n) is 12.6. The average molecular weight is 493 g/mol. The van der Waals surface area contributed by atoms with Crippen LogP contribution in [0, 0.1) is 0 Å². The van der Waals surface area contributed by atoms with E-state index in [0.29, 0.717) is 44.2 Å². The molecule has 0 saturated carbocycles. The maximum Gasteiger partial charge on any atom is 0.295 e. The van der Waals surface area contributed by atoms with Gasteiger partial charge in [-0.3, -0.25) is 14.5 Å². The molecule has 0 aliphatic carbocycles. The van der Waals surface area contributed by atoms with E-state index < -0.39 is 17.7 Å². The molecule has 3 aliphatic rings. The predicted octanol–water partition coefficient (Wildman–Crippen LogP) is 3.16. The molecule has 0 spiro atoms. The largest absolute Gasteiger partial charge is 0.507 e. The summed E-state index contributed by atoms with van der Waals surface area (Å²) in [5.41, 5.74) is 2.30. The smallest absolute Gasteiger partial charge is 0.295 e. The standard InChI is InChI=1S/C28H32N2O6/c1-3-35-22-6-4-5-19(17-22)25-24(26(31)20-7-8-23-21(16-20)15-18(2)36-23)27(32)28(33)30(25)10-9-29-11-13-34-14-12-29/h4-8,16-18,25,31H,3,9-15H2,1-2H3/t18-,25-/m1/s1. The van der Waals surface area contributed by atoms with Gasteiger partial charge in [0.1, 0.15) is 23.4 Å². The number of ketones is 1. The number of likely N-dealkylation sites (tertiary alicyclic amines) is 1. The number of amides is 1. The van der Waals surface area contributed by atoms with Gasteiger partial charge in [0.15, 0.2) is 0 Å². The Bertz CT molecular complexity index is 1190. The van der Waals surface area contributed by atoms with Crippen LogP contribution < -0.4 is 9.47 Å². The first-order chi connectivity index (χ1) is 17.5. The van der Waals surface area contributed by atoms with Crippen LogP contribution in [-0.4, -0.2) is 78.7 Å². The van der Waals surface area contributed by atoms with Gasteiger partial charge in [0.05, 0.1) is 31.4 Å². The fourth-order valence-corrected chi connectivity index (χ4v) is 5.20. The summed E-state index contributed by atoms with van der Waals surface area (Å²) < 4.78 is 16.9. The molecule has 0 aromatic heterocycles. The van der Waals surface area contributed by atoms with E-state index in [4.69, 9.17) is 14.2 Å². The number of aliphatic hydroxyl groups is 1. The quantitative estimate of drug-likeness (QED) is 0.361. The average Bonchev–Trinajstić information content (AvgIpc) is 3.38. The Hall–Kier alpha value is -3.36. The van der Waals surface area contributed by atoms with Crippen LogP contribution in [0.25, 0.3) is 5.76 Å². The lowest BCUT2D eigenvalue weighted by Crippen LogP contribution is -2.42. The lowest BCUT2D eigenvalue weighted by atomic mass is 9.94. The summed E-state index contributed by atoms with van der Waals surface area (Å²) in [6.07, 6.45) is 0.786. The van der Waals surface area contributed by atoms with Crippen molar-refractivity contribution in [1.29, 1.82) is 0 Å². The minimum atomic E-state index is -0.713. The summed E-state index contributed by atoms with van der Waals surface area (Å²) in [5.74, 6) is -0.0130. The number of rotatable bonds is 7. The van der Waals surface area contributed by atoms with Crippen molar-refractivity contribution in [3.05, 3.63) is 64.7 Å². The van der Waals surface area contributed by atoms with Crippen LogP contribution in [-0.2, 0) is 20.7 Å². The van der Waals surface area contributed by atoms with Crippen LogP contribution in [0.4, 0.5) is 0 Å². The lowest BCUT2D eigenvalue weighted by Gasteiger charge is -2.31. The predicted molar refractivity (Wildman–Crippen MR) is 134 cm³/mol. The Morgan fingerprint density at radius 1 is 1.11 bits per heavy atom. The third-order valence-corrected chi connectivity index (χ3v) is 6.96. The third-order valence-electron chi connectivity index (χ3n) is 6.96. The number of morpholine rings is 1. The molecule has 3 aliphatic heterocycles. The Morgan fingerprint density at radius 3 is 2.69 bits per heavy atom. The van der Waals surface area contributed by atoms with E-state index in [-0.39, 0.29) is 17.4 Å². The van der Waals surface area contributed by atoms with Crippen molar-refractivity contribution in [3.63, 3.8) is 0 Å². The van der Waals surface area contributed by atoms with Crippen LogP contribution in [0.5, 0.6) is 11.5 Å². The highest BCUT2D eigenvalue weighted by molar-refractivity contribution is 6.46. The molecule has 190 valence electrons. The van der Waals surface area contributed by atoms with E-state index in [0.717, 1.165) is 36.4 Å². The molecule has 0 unspecified atom stereocenters. The molecular weight excluding hydrogens is 460 g/mol. The molecule has 8 nitrogen and oxygen atoms in total. The van der Waals surface area contributed by atoms with Crippen LogP contribution in [0.1, 0.15) is 36.6 Å². The van der Waals surface area contributed by atoms with Crippen molar-refractivity contribution in [2.45, 2.75) is 32.4 Å². The zero-order chi connectivity index (χ0) is 25.2. The fourth-order valence-electron chi connectivity index (χ4n) is 5.20. The second kappa shape index (κ2) is 10.3. The minimum absolute atomic E-state index is 0.0597. The van der Waals surface area contributed by atoms with E-state index >= 15 is 0 Å². The second-order valence-electron chi connectivity index (χ2n) is 9.41. The van der Waals surface area contributed by atoms with Crippen LogP contribution in [0.15, 0.2) is 48.0 Å². The molecule has 3 heterocycles. The van der Waals surface area contributed by atoms with E-state index in [1.807, 2.05) is 50.2 Å². The number of carbonyl (C=O) groups excluding carboxylic acids is 2. The van der Waals surface area contributed by atoms with Gasteiger partial charge < -0.3 is 24.2 Å². The van der Waals surface area contributed by atoms with Gasteiger partial charge >= 0.3 is 0 Å². The Balaban J connectivity index is 1.54. The molecule has 0 bridgehead atoms. The van der Waals surface area contributed by atoms with Crippen molar-refractivity contribution in [1.82, 2.24) is 9.80 Å². The van der Waals surface area contributed by atoms with Crippen LogP contribution in [0.3, 0.4) is 0 Å². The summed E-state index contributed by atoms with van der Waals surface area (Å²) in [5, 5.41) is 11.4. The summed E-state index contributed by atoms with van der Waals surface area (Å²) >= 11 is 0. The molecular formula is C28H32N2O6. The number of hydrogen-bond acceptors (Lipinski definition) is 7. The van der Waals surface area contributed by atoms with Crippen molar-refractivity contribution < 1.29 is 28.9 Å². The second-order valence-corrected chi connectivity index (χ2v) is 9.41. The number of Topliss-reactive ketones (excluding diaryl/α,β-unsaturated/α-hetero) is 1. The first kappa shape index (κ1) is 24.3. The number of aliphatic hydroxyl groups excluding tert-OH is 1. The SMILES string of the molecule is CCOc1cccc([C@@H]2C(=C(O)c3ccc4c(c3)C[C@@H](C)O4)C(=O)C(=O)N2CCN2CCOCC2)c1. The van der Waals surface area contributed by atoms with Gasteiger partial charge in [-0.25, -0.2) is 0 Å². The van der Waals surface area contributed by atoms with Crippen molar-refractivity contribution in [2.75, 3.05) is 46.0 Å². The molecule has 2 fully saturated rings. The van der Waals surface area contributed by atoms with Gasteiger partial charge in [-0.1, -0.05) is 12.1 Å². The number of benzene rings is 2. The molecule has 2 atom stereocenters. The molecule has 2 saturated heterocycles. The van der Waals surface area contributed by atoms with Crippen molar-refractivity contribution in [3.8, 4) is 11.5 Å². The number of fused-ring (bicyclic) bond motifs is 1. The Kier molecular flexibility index (Phi) is 6.98. The fraction of sp³-hybridized carbons (Fsp3) is 0.429. The maximum atomic E-state index is 13.4. The molecule has 2 aromatic carbocycles. The molecule has 2 aromatic rings. The van der Waals surface area contributed by atoms with Crippen LogP contribution in [0.2, 0.25) is 0 Å². The highest BCUT2D eigenvalue weighted by atomic mass is 16.5. The maximum absolute atomic E-state index is 13.4. The Labute approximate surface area is 211 Å². The normalized spacial score (nSPS) is 23.6. The monoisotopic (exact) mass is 492 g/mol. The van der Waals surface area contributed by atoms with Crippen molar-refractivity contribution >= 4 is 17.4 Å². The first-order valence-corrected chi connectivity index (χ1v) is 12.6. The minimum Gasteiger partial charge on any atom is -0.507 e. The van der Waals surface area contributed by atoms with Crippen LogP contribution >= 0.6 is 0 Å². The van der Waals surface area contributed by atoms with Gasteiger partial charge in [0.25, 0.3) is 11.7 Å². The number of nitrogens with zero attached hydrogens (tertiary/aromatic N) is 2. The van der Waals surface area contributed by atoms with E-state index in [9.17, 15) is 14.7 Å². The van der Waals surface area contributed by atoms with Gasteiger partial charge in [0, 0.05) is 38.2 Å². The Morgan fingerprint density at radius 2 is 1.92 bits per heavy atom. The van der Waals surface area contributed by atoms with E-state index in [1.54, 1.807) is 11.0 Å². The number of ether oxygens (including phenoxy) is 3. The highest BCUT2D eigenvalue weighted by Gasteiger charge is 2.46. The zero-order valence-corrected chi connectivity index (χ0v) is 20.7. The molecule has 1 amide bonds. The van der Waals surface area contributed by atoms with E-state index in [2.05, 4.69) is 4.90 Å². The number of carbonyl (C=O) groups is 2. The summed E-state index contributed by atoms with van der Waals surface area (Å²) in [6, 6.07) is 12.1. The molecule has 1 N–H and O–H groups in total. The molecule has 5 rings (SSSR count). The number of hydrogen-bond donors (Lipinski definition) is 1. The van der Waals surface area contributed by atoms with E-state index in [1.165, 1.54) is 0 Å². The molecule has 36 heavy (non-hydrogen) atoms. The molecule has 0 radical (unpaired) electrons. The summed E-state index contributed by atoms with van der Waals surface area (Å²) in [6.45, 7) is 8.24. The summed E-state index contributed by atoms with van der Waals surface area (Å²) in [7, 11) is 0.